The van der Waals surface area contributed by atoms with Crippen LogP contribution in [0.15, 0.2) is 36.6 Å². The Kier molecular flexibility index (Phi) is 5.92. The van der Waals surface area contributed by atoms with Gasteiger partial charge in [0.25, 0.3) is 5.91 Å². The number of carbonyl (C=O) groups is 1. The van der Waals surface area contributed by atoms with Crippen LogP contribution in [0, 0.1) is 5.82 Å². The number of rotatable bonds is 6. The second-order valence-corrected chi connectivity index (χ2v) is 4.37. The molecule has 1 aromatic rings. The average Bonchev–Trinajstić information content (AvgIpc) is 2.44. The number of nitrogens with one attached hydrogen (secondary N) is 1. The Hall–Kier alpha value is -2.09. The van der Waals surface area contributed by atoms with Crippen LogP contribution in [0.2, 0.25) is 0 Å². The summed E-state index contributed by atoms with van der Waals surface area (Å²) < 4.78 is 56.2. The third-order valence-corrected chi connectivity index (χ3v) is 2.70. The Morgan fingerprint density at radius 2 is 2.09 bits per heavy atom. The molecule has 22 heavy (non-hydrogen) atoms. The number of amides is 1. The van der Waals surface area contributed by atoms with Crippen LogP contribution in [0.5, 0.6) is 0 Å². The van der Waals surface area contributed by atoms with Crippen LogP contribution in [0.25, 0.3) is 0 Å². The van der Waals surface area contributed by atoms with Gasteiger partial charge in [-0.3, -0.25) is 4.79 Å². The summed E-state index contributed by atoms with van der Waals surface area (Å²) in [6.45, 7) is 0.554. The molecule has 0 fully saturated rings. The van der Waals surface area contributed by atoms with Gasteiger partial charge in [0.15, 0.2) is 5.60 Å². The quantitative estimate of drug-likeness (QED) is 0.625. The molecule has 0 saturated carbocycles. The molecule has 0 aromatic heterocycles. The molecule has 0 spiro atoms. The highest BCUT2D eigenvalue weighted by molar-refractivity contribution is 5.94. The topological polar surface area (TPSA) is 58.6 Å². The minimum Gasteiger partial charge on any atom is -0.502 e. The maximum Gasteiger partial charge on any atom is 0.422 e. The highest BCUT2D eigenvalue weighted by Crippen LogP contribution is 2.31. The first-order valence-corrected chi connectivity index (χ1v) is 6.32. The zero-order valence-electron chi connectivity index (χ0n) is 11.7. The smallest absolute Gasteiger partial charge is 0.422 e. The lowest BCUT2D eigenvalue weighted by atomic mass is 10.0. The van der Waals surface area contributed by atoms with Gasteiger partial charge in [0.2, 0.25) is 0 Å². The molecule has 4 nitrogen and oxygen atoms in total. The van der Waals surface area contributed by atoms with Gasteiger partial charge in [-0.15, -0.1) is 0 Å². The second-order valence-electron chi connectivity index (χ2n) is 4.37. The lowest BCUT2D eigenvalue weighted by Crippen LogP contribution is -2.52. The monoisotopic (exact) mass is 321 g/mol. The van der Waals surface area contributed by atoms with E-state index in [4.69, 9.17) is 0 Å². The van der Waals surface area contributed by atoms with E-state index >= 15 is 0 Å². The number of alkyl halides is 3. The Balaban J connectivity index is 2.81. The number of benzene rings is 1. The molecule has 0 aliphatic carbocycles. The lowest BCUT2D eigenvalue weighted by molar-refractivity contribution is -0.237. The zero-order chi connectivity index (χ0) is 16.8. The zero-order valence-corrected chi connectivity index (χ0v) is 11.7. The molecule has 0 saturated heterocycles. The predicted molar refractivity (Wildman–Crippen MR) is 70.5 cm³/mol. The van der Waals surface area contributed by atoms with E-state index in [0.29, 0.717) is 12.3 Å². The molecule has 0 radical (unpaired) electrons. The Bertz CT molecular complexity index is 545. The molecule has 0 aliphatic heterocycles. The molecule has 0 unspecified atom stereocenters. The van der Waals surface area contributed by atoms with Crippen LogP contribution in [0.3, 0.4) is 0 Å². The van der Waals surface area contributed by atoms with Gasteiger partial charge in [-0.05, 0) is 31.2 Å². The second kappa shape index (κ2) is 7.26. The van der Waals surface area contributed by atoms with Crippen LogP contribution in [-0.4, -0.2) is 35.9 Å². The molecule has 2 N–H and O–H groups in total. The van der Waals surface area contributed by atoms with E-state index < -0.39 is 30.0 Å². The summed E-state index contributed by atoms with van der Waals surface area (Å²) in [4.78, 5) is 11.7. The Morgan fingerprint density at radius 3 is 2.64 bits per heavy atom. The van der Waals surface area contributed by atoms with E-state index in [2.05, 4.69) is 4.74 Å². The van der Waals surface area contributed by atoms with Gasteiger partial charge in [0.05, 0.1) is 19.4 Å². The Labute approximate surface area is 124 Å². The molecule has 1 aromatic carbocycles. The summed E-state index contributed by atoms with van der Waals surface area (Å²) in [7, 11) is 0. The highest BCUT2D eigenvalue weighted by Gasteiger charge is 2.52. The molecular weight excluding hydrogens is 306 g/mol. The van der Waals surface area contributed by atoms with Gasteiger partial charge in [-0.25, -0.2) is 4.39 Å². The molecule has 1 rings (SSSR count). The van der Waals surface area contributed by atoms with Gasteiger partial charge in [-0.1, -0.05) is 6.07 Å². The number of hydrogen-bond donors (Lipinski definition) is 2. The van der Waals surface area contributed by atoms with Crippen LogP contribution >= 0.6 is 0 Å². The molecule has 0 aliphatic rings. The minimum absolute atomic E-state index is 0.125. The summed E-state index contributed by atoms with van der Waals surface area (Å²) in [5, 5.41) is 11.6. The van der Waals surface area contributed by atoms with Crippen molar-refractivity contribution in [1.82, 2.24) is 5.32 Å². The number of halogens is 4. The molecule has 1 amide bonds. The minimum atomic E-state index is -5.02. The standard InChI is InChI=1S/C14H15F4NO3/c1-2-22-7-6-13(21,14(16,17)18)9-19-12(20)10-4-3-5-11(15)8-10/h3-8,21H,2,9H2,1H3,(H,19,20)/b7-6+/t13-/m0/s1. The van der Waals surface area contributed by atoms with Gasteiger partial charge in [0, 0.05) is 5.56 Å². The van der Waals surface area contributed by atoms with Crippen LogP contribution in [0.4, 0.5) is 17.6 Å². The normalized spacial score (nSPS) is 14.6. The number of carbonyl (C=O) groups excluding carboxylic acids is 1. The highest BCUT2D eigenvalue weighted by atomic mass is 19.4. The fraction of sp³-hybridized carbons (Fsp3) is 0.357. The van der Waals surface area contributed by atoms with Crippen molar-refractivity contribution in [3.05, 3.63) is 48.0 Å². The summed E-state index contributed by atoms with van der Waals surface area (Å²) in [6, 6.07) is 4.45. The number of aliphatic hydroxyl groups is 1. The van der Waals surface area contributed by atoms with Crippen molar-refractivity contribution in [3.8, 4) is 0 Å². The molecule has 0 bridgehead atoms. The van der Waals surface area contributed by atoms with Gasteiger partial charge >= 0.3 is 6.18 Å². The van der Waals surface area contributed by atoms with E-state index in [1.165, 1.54) is 12.1 Å². The summed E-state index contributed by atoms with van der Waals surface area (Å²) >= 11 is 0. The first-order chi connectivity index (χ1) is 10.2. The summed E-state index contributed by atoms with van der Waals surface area (Å²) in [5.74, 6) is -1.64. The van der Waals surface area contributed by atoms with E-state index in [0.717, 1.165) is 12.1 Å². The van der Waals surface area contributed by atoms with Crippen LogP contribution in [0.1, 0.15) is 17.3 Å². The van der Waals surface area contributed by atoms with Crippen molar-refractivity contribution in [1.29, 1.82) is 0 Å². The first-order valence-electron chi connectivity index (χ1n) is 6.32. The summed E-state index contributed by atoms with van der Waals surface area (Å²) in [6.07, 6.45) is -3.90. The SMILES string of the molecule is CCO/C=C/[C@](O)(CNC(=O)c1cccc(F)c1)C(F)(F)F. The lowest BCUT2D eigenvalue weighted by Gasteiger charge is -2.27. The maximum absolute atomic E-state index is 13.0. The molecular formula is C14H15F4NO3. The van der Waals surface area contributed by atoms with Crippen molar-refractivity contribution in [2.24, 2.45) is 0 Å². The van der Waals surface area contributed by atoms with E-state index in [1.807, 2.05) is 5.32 Å². The molecule has 0 heterocycles. The molecule has 122 valence electrons. The maximum atomic E-state index is 13.0. The van der Waals surface area contributed by atoms with E-state index in [9.17, 15) is 27.5 Å². The number of hydrogen-bond acceptors (Lipinski definition) is 3. The van der Waals surface area contributed by atoms with E-state index in [-0.39, 0.29) is 12.2 Å². The molecule has 8 heteroatoms. The Morgan fingerprint density at radius 1 is 1.41 bits per heavy atom. The van der Waals surface area contributed by atoms with Crippen molar-refractivity contribution in [2.75, 3.05) is 13.2 Å². The van der Waals surface area contributed by atoms with E-state index in [1.54, 1.807) is 6.92 Å². The third kappa shape index (κ3) is 4.73. The van der Waals surface area contributed by atoms with Gasteiger partial charge in [-0.2, -0.15) is 13.2 Å². The van der Waals surface area contributed by atoms with Crippen molar-refractivity contribution in [2.45, 2.75) is 18.7 Å². The average molecular weight is 321 g/mol. The van der Waals surface area contributed by atoms with Gasteiger partial charge in [0.1, 0.15) is 5.82 Å². The first kappa shape index (κ1) is 18.0. The largest absolute Gasteiger partial charge is 0.502 e. The van der Waals surface area contributed by atoms with Crippen molar-refractivity contribution < 1.29 is 32.2 Å². The van der Waals surface area contributed by atoms with Crippen LogP contribution in [-0.2, 0) is 4.74 Å². The fourth-order valence-electron chi connectivity index (χ4n) is 1.46. The summed E-state index contributed by atoms with van der Waals surface area (Å²) in [5.41, 5.74) is -3.44. The number of ether oxygens (including phenoxy) is 1. The van der Waals surface area contributed by atoms with Crippen molar-refractivity contribution >= 4 is 5.91 Å². The molecule has 1 atom stereocenters. The van der Waals surface area contributed by atoms with Crippen molar-refractivity contribution in [3.63, 3.8) is 0 Å². The third-order valence-electron chi connectivity index (χ3n) is 2.70. The van der Waals surface area contributed by atoms with Crippen LogP contribution < -0.4 is 5.32 Å². The fourth-order valence-corrected chi connectivity index (χ4v) is 1.46. The predicted octanol–water partition coefficient (Wildman–Crippen LogP) is 2.40. The van der Waals surface area contributed by atoms with Gasteiger partial charge < -0.3 is 15.2 Å².